The highest BCUT2D eigenvalue weighted by Gasteiger charge is 2.22. The molecule has 2 aliphatic heterocycles. The molecule has 256 valence electrons. The van der Waals surface area contributed by atoms with E-state index in [0.717, 1.165) is 49.0 Å². The highest BCUT2D eigenvalue weighted by atomic mass is 35.5. The number of halogens is 2. The summed E-state index contributed by atoms with van der Waals surface area (Å²) in [5.41, 5.74) is 5.39. The van der Waals surface area contributed by atoms with Crippen LogP contribution in [0.3, 0.4) is 0 Å². The molecular weight excluding hydrogens is 665 g/mol. The van der Waals surface area contributed by atoms with Crippen LogP contribution in [0.4, 0.5) is 0 Å². The third-order valence-electron chi connectivity index (χ3n) is 8.92. The Morgan fingerprint density at radius 1 is 0.878 bits per heavy atom. The minimum absolute atomic E-state index is 0.121. The molecule has 2 N–H and O–H groups in total. The van der Waals surface area contributed by atoms with Crippen molar-refractivity contribution in [1.29, 1.82) is 0 Å². The Morgan fingerprint density at radius 3 is 2.06 bits per heavy atom. The number of hydrogen-bond acceptors (Lipinski definition) is 9. The smallest absolute Gasteiger partial charge is 0.237 e. The maximum absolute atomic E-state index is 11.9. The topological polar surface area (TPSA) is 131 Å². The maximum Gasteiger partial charge on any atom is 0.237 e. The minimum Gasteiger partial charge on any atom is -0.480 e. The van der Waals surface area contributed by atoms with E-state index < -0.39 is 0 Å². The fourth-order valence-corrected chi connectivity index (χ4v) is 6.97. The third kappa shape index (κ3) is 7.95. The monoisotopic (exact) mass is 703 g/mol. The van der Waals surface area contributed by atoms with E-state index in [0.29, 0.717) is 88.9 Å². The fourth-order valence-electron chi connectivity index (χ4n) is 6.32. The fraction of sp³-hybridized carbons (Fsp3) is 0.389. The highest BCUT2D eigenvalue weighted by Crippen LogP contribution is 2.42. The number of carbonyl (C=O) groups is 2. The molecule has 49 heavy (non-hydrogen) atoms. The molecule has 2 aromatic carbocycles. The van der Waals surface area contributed by atoms with Crippen LogP contribution in [0.5, 0.6) is 11.8 Å². The summed E-state index contributed by atoms with van der Waals surface area (Å²) in [4.78, 5) is 44.1. The van der Waals surface area contributed by atoms with Gasteiger partial charge in [-0.2, -0.15) is 0 Å². The Kier molecular flexibility index (Phi) is 11.2. The lowest BCUT2D eigenvalue weighted by molar-refractivity contribution is -0.127. The van der Waals surface area contributed by atoms with Gasteiger partial charge in [-0.05, 0) is 32.1 Å². The molecule has 1 atom stereocenters. The number of benzene rings is 2. The summed E-state index contributed by atoms with van der Waals surface area (Å²) in [6.45, 7) is 2.57. The molecule has 2 amide bonds. The Hall–Kier alpha value is -4.32. The zero-order valence-corrected chi connectivity index (χ0v) is 29.1. The molecular formula is C36H39Cl2N7O4. The summed E-state index contributed by atoms with van der Waals surface area (Å²) < 4.78 is 11.2. The standard InChI is InChI=1S/C36H39Cl2N7O4/c1-48-35-27(12-3-7-22-14-15-31(46)42-22)40-20-28(43-35)25-10-4-8-23(33(25)37)24-9-5-11-26(34(24)38)29-21-41-30(36(44-29)49-2)19-39-16-18-45-17-6-13-32(45)47/h4-5,8-11,20-22,39H,3,6-7,12-19H2,1-2H3,(H,42,46)/t22-/m1/s1. The first kappa shape index (κ1) is 34.5. The van der Waals surface area contributed by atoms with Gasteiger partial charge in [-0.15, -0.1) is 0 Å². The maximum atomic E-state index is 11.9. The Labute approximate surface area is 295 Å². The molecule has 4 aromatic rings. The van der Waals surface area contributed by atoms with E-state index in [2.05, 4.69) is 20.6 Å². The first-order valence-corrected chi connectivity index (χ1v) is 17.3. The Bertz CT molecular complexity index is 1840. The summed E-state index contributed by atoms with van der Waals surface area (Å²) in [5, 5.41) is 7.29. The van der Waals surface area contributed by atoms with Crippen molar-refractivity contribution in [2.45, 2.75) is 57.5 Å². The highest BCUT2D eigenvalue weighted by molar-refractivity contribution is 6.39. The molecule has 0 aliphatic carbocycles. The van der Waals surface area contributed by atoms with Crippen LogP contribution < -0.4 is 20.1 Å². The molecule has 2 saturated heterocycles. The lowest BCUT2D eigenvalue weighted by Crippen LogP contribution is -2.32. The summed E-state index contributed by atoms with van der Waals surface area (Å²) in [5.74, 6) is 1.17. The van der Waals surface area contributed by atoms with Crippen molar-refractivity contribution in [2.24, 2.45) is 0 Å². The molecule has 13 heteroatoms. The molecule has 4 heterocycles. The summed E-state index contributed by atoms with van der Waals surface area (Å²) >= 11 is 14.1. The number of nitrogens with one attached hydrogen (secondary N) is 2. The van der Waals surface area contributed by atoms with Crippen molar-refractivity contribution in [3.05, 3.63) is 70.2 Å². The van der Waals surface area contributed by atoms with E-state index in [-0.39, 0.29) is 17.9 Å². The number of aryl methyl sites for hydroxylation is 1. The average molecular weight is 705 g/mol. The normalized spacial score (nSPS) is 15.9. The van der Waals surface area contributed by atoms with Gasteiger partial charge in [0.1, 0.15) is 11.4 Å². The molecule has 6 rings (SSSR count). The number of hydrogen-bond donors (Lipinski definition) is 2. The molecule has 0 bridgehead atoms. The summed E-state index contributed by atoms with van der Waals surface area (Å²) in [7, 11) is 3.14. The molecule has 0 saturated carbocycles. The van der Waals surface area contributed by atoms with E-state index >= 15 is 0 Å². The Balaban J connectivity index is 1.18. The second-order valence-electron chi connectivity index (χ2n) is 12.1. The van der Waals surface area contributed by atoms with E-state index in [1.807, 2.05) is 41.3 Å². The van der Waals surface area contributed by atoms with Gasteiger partial charge in [0.2, 0.25) is 23.6 Å². The van der Waals surface area contributed by atoms with Crippen LogP contribution in [-0.2, 0) is 22.6 Å². The van der Waals surface area contributed by atoms with Gasteiger partial charge < -0.3 is 25.0 Å². The molecule has 11 nitrogen and oxygen atoms in total. The van der Waals surface area contributed by atoms with Crippen molar-refractivity contribution < 1.29 is 19.1 Å². The quantitative estimate of drug-likeness (QED) is 0.154. The van der Waals surface area contributed by atoms with Crippen molar-refractivity contribution in [3.63, 3.8) is 0 Å². The number of nitrogens with zero attached hydrogens (tertiary/aromatic N) is 5. The number of aromatic nitrogens is 4. The predicted octanol–water partition coefficient (Wildman–Crippen LogP) is 5.90. The van der Waals surface area contributed by atoms with Gasteiger partial charge in [-0.25, -0.2) is 9.97 Å². The number of carbonyl (C=O) groups excluding carboxylic acids is 2. The van der Waals surface area contributed by atoms with Crippen molar-refractivity contribution in [3.8, 4) is 45.4 Å². The van der Waals surface area contributed by atoms with Crippen LogP contribution >= 0.6 is 23.2 Å². The van der Waals surface area contributed by atoms with E-state index in [4.69, 9.17) is 42.6 Å². The van der Waals surface area contributed by atoms with Gasteiger partial charge in [0.15, 0.2) is 0 Å². The summed E-state index contributed by atoms with van der Waals surface area (Å²) in [6, 6.07) is 11.6. The van der Waals surface area contributed by atoms with Gasteiger partial charge >= 0.3 is 0 Å². The van der Waals surface area contributed by atoms with Crippen LogP contribution in [0, 0.1) is 0 Å². The molecule has 0 radical (unpaired) electrons. The molecule has 2 aliphatic rings. The van der Waals surface area contributed by atoms with Crippen molar-refractivity contribution >= 4 is 35.0 Å². The van der Waals surface area contributed by atoms with Crippen LogP contribution in [0.15, 0.2) is 48.8 Å². The second-order valence-corrected chi connectivity index (χ2v) is 12.9. The van der Waals surface area contributed by atoms with E-state index in [1.165, 1.54) is 0 Å². The van der Waals surface area contributed by atoms with Gasteiger partial charge in [0.25, 0.3) is 0 Å². The molecule has 2 fully saturated rings. The van der Waals surface area contributed by atoms with Crippen LogP contribution in [-0.4, -0.2) is 76.5 Å². The van der Waals surface area contributed by atoms with Crippen molar-refractivity contribution in [2.75, 3.05) is 33.9 Å². The van der Waals surface area contributed by atoms with E-state index in [1.54, 1.807) is 26.6 Å². The number of methoxy groups -OCH3 is 2. The number of amides is 2. The van der Waals surface area contributed by atoms with Crippen LogP contribution in [0.25, 0.3) is 33.6 Å². The first-order valence-electron chi connectivity index (χ1n) is 16.5. The molecule has 0 unspecified atom stereocenters. The van der Waals surface area contributed by atoms with Crippen molar-refractivity contribution in [1.82, 2.24) is 35.5 Å². The van der Waals surface area contributed by atoms with Gasteiger partial charge in [-0.3, -0.25) is 19.6 Å². The average Bonchev–Trinajstić information content (AvgIpc) is 3.73. The largest absolute Gasteiger partial charge is 0.480 e. The number of rotatable bonds is 14. The van der Waals surface area contributed by atoms with Gasteiger partial charge in [0, 0.05) is 67.3 Å². The van der Waals surface area contributed by atoms with Crippen LogP contribution in [0.2, 0.25) is 10.0 Å². The second kappa shape index (κ2) is 15.9. The number of ether oxygens (including phenoxy) is 2. The zero-order chi connectivity index (χ0) is 34.3. The summed E-state index contributed by atoms with van der Waals surface area (Å²) in [6.07, 6.45) is 8.84. The van der Waals surface area contributed by atoms with Gasteiger partial charge in [-0.1, -0.05) is 59.6 Å². The third-order valence-corrected chi connectivity index (χ3v) is 9.74. The van der Waals surface area contributed by atoms with Gasteiger partial charge in [0.05, 0.1) is 48.0 Å². The van der Waals surface area contributed by atoms with Crippen LogP contribution in [0.1, 0.15) is 49.9 Å². The predicted molar refractivity (Wildman–Crippen MR) is 189 cm³/mol. The SMILES string of the molecule is COc1nc(-c2cccc(-c3cccc(-c4cnc(CNCCN5CCCC5=O)c(OC)n4)c3Cl)c2Cl)cnc1CCC[C@@H]1CCC(=O)N1. The number of likely N-dealkylation sites (tertiary alicyclic amines) is 1. The lowest BCUT2D eigenvalue weighted by Gasteiger charge is -2.16. The zero-order valence-electron chi connectivity index (χ0n) is 27.6. The van der Waals surface area contributed by atoms with E-state index in [9.17, 15) is 9.59 Å². The lowest BCUT2D eigenvalue weighted by atomic mass is 9.98. The Morgan fingerprint density at radius 2 is 1.49 bits per heavy atom. The minimum atomic E-state index is 0.121. The molecule has 0 spiro atoms. The first-order chi connectivity index (χ1) is 23.9. The molecule has 2 aromatic heterocycles.